The first-order valence-corrected chi connectivity index (χ1v) is 5.13. The molecule has 0 saturated heterocycles. The highest BCUT2D eigenvalue weighted by molar-refractivity contribution is 6.07. The van der Waals surface area contributed by atoms with Crippen molar-refractivity contribution in [3.63, 3.8) is 0 Å². The van der Waals surface area contributed by atoms with Gasteiger partial charge in [-0.3, -0.25) is 4.29 Å². The fourth-order valence-corrected chi connectivity index (χ4v) is 1.78. The van der Waals surface area contributed by atoms with Gasteiger partial charge in [0.05, 0.1) is 32.6 Å². The summed E-state index contributed by atoms with van der Waals surface area (Å²) in [4.78, 5) is 0. The van der Waals surface area contributed by atoms with E-state index in [1.165, 1.54) is 0 Å². The van der Waals surface area contributed by atoms with Gasteiger partial charge in [-0.1, -0.05) is 6.92 Å². The van der Waals surface area contributed by atoms with Crippen molar-refractivity contribution in [1.29, 1.82) is 0 Å². The van der Waals surface area contributed by atoms with Gasteiger partial charge >= 0.3 is 0 Å². The average molecular weight is 227 g/mol. The van der Waals surface area contributed by atoms with Crippen LogP contribution in [0.25, 0.3) is 0 Å². The first kappa shape index (κ1) is 14.1. The highest BCUT2D eigenvalue weighted by Gasteiger charge is 2.29. The van der Waals surface area contributed by atoms with Crippen molar-refractivity contribution in [3.05, 3.63) is 0 Å². The molecular weight excluding hydrogens is 206 g/mol. The standard InChI is InChI=1S/C9H21ClNO3/c1-4-8(7-14-10)11(2,3)5-9(13)6-12/h8-9,12-13H,4-7H2,1-3H3/q+1. The van der Waals surface area contributed by atoms with Gasteiger partial charge < -0.3 is 14.7 Å². The SMILES string of the molecule is CCC(COCl)[N+](C)(C)CC(O)CO. The Morgan fingerprint density at radius 2 is 2.00 bits per heavy atom. The maximum absolute atomic E-state index is 9.37. The second-order valence-corrected chi connectivity index (χ2v) is 4.35. The fourth-order valence-electron chi connectivity index (χ4n) is 1.64. The fraction of sp³-hybridized carbons (Fsp3) is 1.00. The molecular formula is C9H21ClNO3+. The van der Waals surface area contributed by atoms with Gasteiger partial charge in [-0.2, -0.15) is 0 Å². The van der Waals surface area contributed by atoms with Crippen molar-refractivity contribution in [1.82, 2.24) is 0 Å². The quantitative estimate of drug-likeness (QED) is 0.617. The molecule has 14 heavy (non-hydrogen) atoms. The third-order valence-corrected chi connectivity index (χ3v) is 2.73. The normalized spacial score (nSPS) is 16.7. The van der Waals surface area contributed by atoms with E-state index < -0.39 is 6.10 Å². The van der Waals surface area contributed by atoms with Crippen LogP contribution in [0.3, 0.4) is 0 Å². The number of aliphatic hydroxyl groups is 2. The van der Waals surface area contributed by atoms with Crippen LogP contribution < -0.4 is 0 Å². The third-order valence-electron chi connectivity index (χ3n) is 2.61. The van der Waals surface area contributed by atoms with Crippen LogP contribution in [-0.2, 0) is 4.29 Å². The van der Waals surface area contributed by atoms with E-state index in [0.29, 0.717) is 17.6 Å². The molecule has 0 saturated carbocycles. The Morgan fingerprint density at radius 1 is 1.43 bits per heavy atom. The molecule has 2 atom stereocenters. The van der Waals surface area contributed by atoms with E-state index in [9.17, 15) is 5.11 Å². The molecule has 2 unspecified atom stereocenters. The molecule has 0 aliphatic heterocycles. The zero-order valence-corrected chi connectivity index (χ0v) is 9.87. The molecule has 0 spiro atoms. The largest absolute Gasteiger partial charge is 0.393 e. The lowest BCUT2D eigenvalue weighted by Gasteiger charge is -2.38. The third kappa shape index (κ3) is 4.57. The van der Waals surface area contributed by atoms with Crippen molar-refractivity contribution in [2.75, 3.05) is 33.9 Å². The molecule has 0 heterocycles. The van der Waals surface area contributed by atoms with Crippen LogP contribution in [-0.4, -0.2) is 60.7 Å². The summed E-state index contributed by atoms with van der Waals surface area (Å²) in [6, 6.07) is 0.230. The Kier molecular flexibility index (Phi) is 6.64. The van der Waals surface area contributed by atoms with Crippen LogP contribution in [0.5, 0.6) is 0 Å². The smallest absolute Gasteiger partial charge is 0.126 e. The molecule has 4 nitrogen and oxygen atoms in total. The van der Waals surface area contributed by atoms with Gasteiger partial charge in [0.1, 0.15) is 25.3 Å². The van der Waals surface area contributed by atoms with Gasteiger partial charge in [-0.25, -0.2) is 0 Å². The molecule has 0 rings (SSSR count). The number of aliphatic hydroxyl groups excluding tert-OH is 2. The summed E-state index contributed by atoms with van der Waals surface area (Å²) in [5.74, 6) is 0. The minimum atomic E-state index is -0.686. The van der Waals surface area contributed by atoms with Crippen molar-refractivity contribution in [3.8, 4) is 0 Å². The maximum atomic E-state index is 9.37. The van der Waals surface area contributed by atoms with E-state index in [-0.39, 0.29) is 12.6 Å². The second-order valence-electron chi connectivity index (χ2n) is 4.14. The number of hydrogen-bond donors (Lipinski definition) is 2. The summed E-state index contributed by atoms with van der Waals surface area (Å²) in [5, 5.41) is 18.1. The molecule has 2 N–H and O–H groups in total. The average Bonchev–Trinajstić information content (AvgIpc) is 2.12. The summed E-state index contributed by atoms with van der Waals surface area (Å²) in [6.07, 6.45) is 0.229. The zero-order valence-electron chi connectivity index (χ0n) is 9.11. The minimum absolute atomic E-state index is 0.208. The topological polar surface area (TPSA) is 49.7 Å². The van der Waals surface area contributed by atoms with Crippen LogP contribution in [0, 0.1) is 0 Å². The molecule has 0 fully saturated rings. The Labute approximate surface area is 90.8 Å². The first-order valence-electron chi connectivity index (χ1n) is 4.83. The molecule has 0 aliphatic rings. The lowest BCUT2D eigenvalue weighted by atomic mass is 10.1. The first-order chi connectivity index (χ1) is 6.47. The summed E-state index contributed by atoms with van der Waals surface area (Å²) in [5.41, 5.74) is 0. The summed E-state index contributed by atoms with van der Waals surface area (Å²) in [7, 11) is 3.98. The molecule has 0 aliphatic carbocycles. The van der Waals surface area contributed by atoms with Crippen LogP contribution in [0.4, 0.5) is 0 Å². The molecule has 0 aromatic rings. The lowest BCUT2D eigenvalue weighted by Crippen LogP contribution is -2.54. The summed E-state index contributed by atoms with van der Waals surface area (Å²) < 4.78 is 5.20. The number of quaternary nitrogens is 1. The molecule has 5 heteroatoms. The zero-order chi connectivity index (χ0) is 11.2. The lowest BCUT2D eigenvalue weighted by molar-refractivity contribution is -0.918. The number of nitrogens with zero attached hydrogens (tertiary/aromatic N) is 1. The number of halogens is 1. The molecule has 0 amide bonds. The molecule has 0 radical (unpaired) electrons. The van der Waals surface area contributed by atoms with Crippen LogP contribution in [0.1, 0.15) is 13.3 Å². The molecule has 0 bridgehead atoms. The molecule has 0 aromatic heterocycles. The van der Waals surface area contributed by atoms with E-state index >= 15 is 0 Å². The number of likely N-dealkylation sites (N-methyl/N-ethyl adjacent to an activating group) is 1. The van der Waals surface area contributed by atoms with Gasteiger partial charge in [0, 0.05) is 0 Å². The monoisotopic (exact) mass is 226 g/mol. The van der Waals surface area contributed by atoms with E-state index in [0.717, 1.165) is 6.42 Å². The predicted octanol–water partition coefficient (Wildman–Crippen LogP) is 0.365. The van der Waals surface area contributed by atoms with Gasteiger partial charge in [-0.15, -0.1) is 0 Å². The van der Waals surface area contributed by atoms with E-state index in [1.54, 1.807) is 0 Å². The van der Waals surface area contributed by atoms with Crippen LogP contribution in [0.15, 0.2) is 0 Å². The van der Waals surface area contributed by atoms with E-state index in [2.05, 4.69) is 4.29 Å². The number of rotatable bonds is 7. The van der Waals surface area contributed by atoms with Gasteiger partial charge in [0.25, 0.3) is 0 Å². The number of hydrogen-bond acceptors (Lipinski definition) is 3. The Morgan fingerprint density at radius 3 is 2.36 bits per heavy atom. The van der Waals surface area contributed by atoms with Gasteiger partial charge in [-0.05, 0) is 6.42 Å². The van der Waals surface area contributed by atoms with Gasteiger partial charge in [0.2, 0.25) is 0 Å². The van der Waals surface area contributed by atoms with Crippen molar-refractivity contribution in [2.24, 2.45) is 0 Å². The summed E-state index contributed by atoms with van der Waals surface area (Å²) >= 11 is 5.23. The van der Waals surface area contributed by atoms with Gasteiger partial charge in [0.15, 0.2) is 0 Å². The second kappa shape index (κ2) is 6.58. The van der Waals surface area contributed by atoms with Crippen molar-refractivity contribution < 1.29 is 19.0 Å². The Balaban J connectivity index is 4.24. The van der Waals surface area contributed by atoms with Crippen LogP contribution >= 0.6 is 11.9 Å². The highest BCUT2D eigenvalue weighted by atomic mass is 35.5. The van der Waals surface area contributed by atoms with E-state index in [1.807, 2.05) is 21.0 Å². The Bertz CT molecular complexity index is 155. The highest BCUT2D eigenvalue weighted by Crippen LogP contribution is 2.12. The summed E-state index contributed by atoms with van der Waals surface area (Å²) in [6.45, 7) is 2.78. The van der Waals surface area contributed by atoms with Crippen molar-refractivity contribution in [2.45, 2.75) is 25.5 Å². The predicted molar refractivity (Wildman–Crippen MR) is 56.0 cm³/mol. The Hall–Kier alpha value is 0.130. The van der Waals surface area contributed by atoms with Crippen LogP contribution in [0.2, 0.25) is 0 Å². The molecule has 86 valence electrons. The minimum Gasteiger partial charge on any atom is -0.393 e. The molecule has 0 aromatic carbocycles. The van der Waals surface area contributed by atoms with Crippen molar-refractivity contribution >= 4 is 11.9 Å². The maximum Gasteiger partial charge on any atom is 0.126 e. The van der Waals surface area contributed by atoms with E-state index in [4.69, 9.17) is 17.0 Å².